The summed E-state index contributed by atoms with van der Waals surface area (Å²) in [6.45, 7) is 5.59. The second-order valence-electron chi connectivity index (χ2n) is 6.14. The van der Waals surface area contributed by atoms with Crippen LogP contribution < -0.4 is 0 Å². The Morgan fingerprint density at radius 1 is 1.22 bits per heavy atom. The summed E-state index contributed by atoms with van der Waals surface area (Å²) < 4.78 is 24.0. The van der Waals surface area contributed by atoms with Gasteiger partial charge in [0.1, 0.15) is 0 Å². The van der Waals surface area contributed by atoms with E-state index in [-0.39, 0.29) is 24.2 Å². The molecule has 1 fully saturated rings. The first-order valence-electron chi connectivity index (χ1n) is 7.70. The zero-order chi connectivity index (χ0) is 16.8. The fourth-order valence-electron chi connectivity index (χ4n) is 3.03. The van der Waals surface area contributed by atoms with Crippen molar-refractivity contribution in [1.29, 1.82) is 0 Å². The Labute approximate surface area is 136 Å². The fraction of sp³-hybridized carbons (Fsp3) is 0.412. The summed E-state index contributed by atoms with van der Waals surface area (Å²) in [4.78, 5) is 19.1. The Kier molecular flexibility index (Phi) is 3.88. The molecule has 1 aromatic heterocycles. The average Bonchev–Trinajstić information content (AvgIpc) is 2.51. The molecule has 1 aliphatic heterocycles. The molecule has 5 nitrogen and oxygen atoms in total. The van der Waals surface area contributed by atoms with Gasteiger partial charge in [-0.1, -0.05) is 18.2 Å². The molecule has 0 unspecified atom stereocenters. The molecule has 3 rings (SSSR count). The second kappa shape index (κ2) is 5.60. The van der Waals surface area contributed by atoms with Crippen LogP contribution in [0.15, 0.2) is 30.3 Å². The van der Waals surface area contributed by atoms with Gasteiger partial charge < -0.3 is 4.90 Å². The first kappa shape index (κ1) is 15.9. The topological polar surface area (TPSA) is 67.3 Å². The second-order valence-corrected chi connectivity index (χ2v) is 8.62. The molecule has 0 bridgehead atoms. The lowest BCUT2D eigenvalue weighted by atomic mass is 10.1. The standard InChI is InChI=1S/C17H20N2O3S/c1-11-7-8-14-5-4-6-15(16(14)18-11)17(20)19-9-10-23(21,22)13(3)12(19)2/h4-8,12-13H,9-10H2,1-3H3/t12-,13-/m1/s1. The normalized spacial score (nSPS) is 23.9. The number of carbonyl (C=O) groups excluding carboxylic acids is 1. The van der Waals surface area contributed by atoms with E-state index in [0.717, 1.165) is 11.1 Å². The van der Waals surface area contributed by atoms with E-state index in [1.165, 1.54) is 0 Å². The number of aryl methyl sites for hydroxylation is 1. The van der Waals surface area contributed by atoms with Crippen molar-refractivity contribution in [3.05, 3.63) is 41.6 Å². The summed E-state index contributed by atoms with van der Waals surface area (Å²) in [6, 6.07) is 9.03. The summed E-state index contributed by atoms with van der Waals surface area (Å²) in [5.74, 6) is -0.135. The predicted octanol–water partition coefficient (Wildman–Crippen LogP) is 2.19. The molecule has 2 aromatic rings. The summed E-state index contributed by atoms with van der Waals surface area (Å²) in [5.41, 5.74) is 2.05. The molecule has 1 saturated heterocycles. The van der Waals surface area contributed by atoms with Crippen LogP contribution in [0.2, 0.25) is 0 Å². The van der Waals surface area contributed by atoms with Crippen LogP contribution in [0, 0.1) is 6.92 Å². The minimum Gasteiger partial charge on any atom is -0.334 e. The Balaban J connectivity index is 2.03. The lowest BCUT2D eigenvalue weighted by Crippen LogP contribution is -2.54. The van der Waals surface area contributed by atoms with Crippen molar-refractivity contribution in [3.63, 3.8) is 0 Å². The highest BCUT2D eigenvalue weighted by atomic mass is 32.2. The van der Waals surface area contributed by atoms with Gasteiger partial charge in [-0.3, -0.25) is 9.78 Å². The number of pyridine rings is 1. The minimum atomic E-state index is -3.12. The molecule has 1 amide bonds. The molecule has 23 heavy (non-hydrogen) atoms. The molecule has 0 aliphatic carbocycles. The van der Waals surface area contributed by atoms with Crippen LogP contribution in [0.3, 0.4) is 0 Å². The number of aromatic nitrogens is 1. The smallest absolute Gasteiger partial charge is 0.256 e. The molecule has 2 heterocycles. The fourth-order valence-corrected chi connectivity index (χ4v) is 4.60. The monoisotopic (exact) mass is 332 g/mol. The van der Waals surface area contributed by atoms with E-state index in [0.29, 0.717) is 11.1 Å². The lowest BCUT2D eigenvalue weighted by molar-refractivity contribution is 0.0695. The molecule has 1 aliphatic rings. The number of hydrogen-bond acceptors (Lipinski definition) is 4. The highest BCUT2D eigenvalue weighted by molar-refractivity contribution is 7.92. The zero-order valence-electron chi connectivity index (χ0n) is 13.5. The Hall–Kier alpha value is -1.95. The van der Waals surface area contributed by atoms with Crippen molar-refractivity contribution in [2.45, 2.75) is 32.1 Å². The number of carbonyl (C=O) groups is 1. The maximum Gasteiger partial charge on any atom is 0.256 e. The highest BCUT2D eigenvalue weighted by Crippen LogP contribution is 2.24. The molecule has 0 radical (unpaired) electrons. The third-order valence-corrected chi connectivity index (χ3v) is 6.98. The van der Waals surface area contributed by atoms with Crippen molar-refractivity contribution in [2.75, 3.05) is 12.3 Å². The van der Waals surface area contributed by atoms with Gasteiger partial charge >= 0.3 is 0 Å². The number of hydrogen-bond donors (Lipinski definition) is 0. The van der Waals surface area contributed by atoms with Crippen LogP contribution in [-0.2, 0) is 9.84 Å². The SMILES string of the molecule is Cc1ccc2cccc(C(=O)N3CCS(=O)(=O)[C@H](C)[C@H]3C)c2n1. The van der Waals surface area contributed by atoms with Crippen LogP contribution in [0.4, 0.5) is 0 Å². The van der Waals surface area contributed by atoms with E-state index < -0.39 is 15.1 Å². The maximum atomic E-state index is 13.0. The molecule has 122 valence electrons. The number of amides is 1. The Bertz CT molecular complexity index is 877. The lowest BCUT2D eigenvalue weighted by Gasteiger charge is -2.37. The van der Waals surface area contributed by atoms with Crippen molar-refractivity contribution in [3.8, 4) is 0 Å². The number of para-hydroxylation sites is 1. The molecule has 0 N–H and O–H groups in total. The molecular formula is C17H20N2O3S. The molecule has 2 atom stereocenters. The van der Waals surface area contributed by atoms with Crippen LogP contribution in [0.5, 0.6) is 0 Å². The van der Waals surface area contributed by atoms with E-state index >= 15 is 0 Å². The van der Waals surface area contributed by atoms with Crippen LogP contribution in [0.25, 0.3) is 10.9 Å². The third-order valence-electron chi connectivity index (χ3n) is 4.70. The van der Waals surface area contributed by atoms with E-state index in [1.54, 1.807) is 24.8 Å². The van der Waals surface area contributed by atoms with Gasteiger partial charge in [0.25, 0.3) is 5.91 Å². The third kappa shape index (κ3) is 2.72. The zero-order valence-corrected chi connectivity index (χ0v) is 14.3. The molecule has 0 spiro atoms. The first-order valence-corrected chi connectivity index (χ1v) is 9.42. The summed E-state index contributed by atoms with van der Waals surface area (Å²) in [5, 5.41) is 0.358. The highest BCUT2D eigenvalue weighted by Gasteiger charge is 2.38. The first-order chi connectivity index (χ1) is 10.8. The summed E-state index contributed by atoms with van der Waals surface area (Å²) in [6.07, 6.45) is 0. The van der Waals surface area contributed by atoms with Crippen molar-refractivity contribution in [2.24, 2.45) is 0 Å². The maximum absolute atomic E-state index is 13.0. The summed E-state index contributed by atoms with van der Waals surface area (Å²) >= 11 is 0. The number of nitrogens with zero attached hydrogens (tertiary/aromatic N) is 2. The number of benzene rings is 1. The van der Waals surface area contributed by atoms with Crippen molar-refractivity contribution < 1.29 is 13.2 Å². The largest absolute Gasteiger partial charge is 0.334 e. The Morgan fingerprint density at radius 3 is 2.70 bits per heavy atom. The van der Waals surface area contributed by atoms with Gasteiger partial charge in [0.05, 0.1) is 22.1 Å². The van der Waals surface area contributed by atoms with Crippen LogP contribution >= 0.6 is 0 Å². The summed E-state index contributed by atoms with van der Waals surface area (Å²) in [7, 11) is -3.12. The van der Waals surface area contributed by atoms with Gasteiger partial charge in [-0.25, -0.2) is 8.42 Å². The van der Waals surface area contributed by atoms with Gasteiger partial charge in [-0.15, -0.1) is 0 Å². The van der Waals surface area contributed by atoms with E-state index in [2.05, 4.69) is 4.98 Å². The Morgan fingerprint density at radius 2 is 1.96 bits per heavy atom. The molecule has 1 aromatic carbocycles. The molecular weight excluding hydrogens is 312 g/mol. The number of fused-ring (bicyclic) bond motifs is 1. The van der Waals surface area contributed by atoms with Crippen molar-refractivity contribution in [1.82, 2.24) is 9.88 Å². The van der Waals surface area contributed by atoms with E-state index in [4.69, 9.17) is 0 Å². The number of sulfone groups is 1. The van der Waals surface area contributed by atoms with Crippen LogP contribution in [0.1, 0.15) is 29.9 Å². The van der Waals surface area contributed by atoms with E-state index in [9.17, 15) is 13.2 Å². The number of rotatable bonds is 1. The van der Waals surface area contributed by atoms with E-state index in [1.807, 2.05) is 31.2 Å². The van der Waals surface area contributed by atoms with Crippen LogP contribution in [-0.4, -0.2) is 47.8 Å². The average molecular weight is 332 g/mol. The van der Waals surface area contributed by atoms with Gasteiger partial charge in [-0.05, 0) is 32.9 Å². The van der Waals surface area contributed by atoms with Gasteiger partial charge in [0, 0.05) is 23.7 Å². The quantitative estimate of drug-likeness (QED) is 0.803. The molecule has 6 heteroatoms. The van der Waals surface area contributed by atoms with Crippen molar-refractivity contribution >= 4 is 26.6 Å². The van der Waals surface area contributed by atoms with Gasteiger partial charge in [0.15, 0.2) is 9.84 Å². The minimum absolute atomic E-state index is 0.0153. The molecule has 0 saturated carbocycles. The van der Waals surface area contributed by atoms with Gasteiger partial charge in [-0.2, -0.15) is 0 Å². The van der Waals surface area contributed by atoms with Gasteiger partial charge in [0.2, 0.25) is 0 Å². The predicted molar refractivity (Wildman–Crippen MR) is 90.2 cm³/mol.